The maximum absolute atomic E-state index is 9.07. The van der Waals surface area contributed by atoms with E-state index in [9.17, 15) is 0 Å². The highest BCUT2D eigenvalue weighted by atomic mass is 16.5. The van der Waals surface area contributed by atoms with Gasteiger partial charge in [-0.25, -0.2) is 0 Å². The maximum Gasteiger partial charge on any atom is 0.0263 e. The van der Waals surface area contributed by atoms with Crippen molar-refractivity contribution in [2.24, 2.45) is 11.3 Å². The van der Waals surface area contributed by atoms with Crippen LogP contribution in [0.3, 0.4) is 0 Å². The van der Waals surface area contributed by atoms with Gasteiger partial charge in [0.2, 0.25) is 0 Å². The maximum atomic E-state index is 9.07. The van der Waals surface area contributed by atoms with E-state index in [-0.39, 0.29) is 0 Å². The third-order valence-electron chi connectivity index (χ3n) is 2.98. The van der Waals surface area contributed by atoms with E-state index >= 15 is 0 Å². The largest absolute Gasteiger partial charge is 0.314 e. The van der Waals surface area contributed by atoms with Gasteiger partial charge >= 0.3 is 0 Å². The first-order chi connectivity index (χ1) is 5.49. The van der Waals surface area contributed by atoms with Crippen LogP contribution in [-0.2, 0) is 0 Å². The SMILES string of the molecule is CN(O)CC1CCC(C)(C)CC1. The molecule has 72 valence electrons. The Morgan fingerprint density at radius 1 is 1.33 bits per heavy atom. The summed E-state index contributed by atoms with van der Waals surface area (Å²) in [5.41, 5.74) is 0.546. The van der Waals surface area contributed by atoms with Crippen molar-refractivity contribution in [2.45, 2.75) is 39.5 Å². The predicted octanol–water partition coefficient (Wildman–Crippen LogP) is 2.52. The summed E-state index contributed by atoms with van der Waals surface area (Å²) in [7, 11) is 1.74. The smallest absolute Gasteiger partial charge is 0.0263 e. The fourth-order valence-corrected chi connectivity index (χ4v) is 2.02. The first-order valence-electron chi connectivity index (χ1n) is 4.90. The monoisotopic (exact) mass is 171 g/mol. The molecule has 1 aliphatic carbocycles. The number of nitrogens with zero attached hydrogens (tertiary/aromatic N) is 1. The van der Waals surface area contributed by atoms with E-state index in [2.05, 4.69) is 13.8 Å². The molecule has 1 aliphatic rings. The van der Waals surface area contributed by atoms with Gasteiger partial charge in [-0.05, 0) is 37.0 Å². The second-order valence-electron chi connectivity index (χ2n) is 4.95. The first-order valence-corrected chi connectivity index (χ1v) is 4.90. The summed E-state index contributed by atoms with van der Waals surface area (Å²) >= 11 is 0. The molecule has 0 aromatic carbocycles. The molecule has 2 nitrogen and oxygen atoms in total. The van der Waals surface area contributed by atoms with Crippen molar-refractivity contribution in [3.8, 4) is 0 Å². The molecule has 1 fully saturated rings. The minimum atomic E-state index is 0.546. The summed E-state index contributed by atoms with van der Waals surface area (Å²) < 4.78 is 0. The van der Waals surface area contributed by atoms with Crippen molar-refractivity contribution < 1.29 is 5.21 Å². The van der Waals surface area contributed by atoms with Gasteiger partial charge in [0.25, 0.3) is 0 Å². The van der Waals surface area contributed by atoms with Gasteiger partial charge in [-0.15, -0.1) is 0 Å². The molecule has 0 atom stereocenters. The molecule has 12 heavy (non-hydrogen) atoms. The fraction of sp³-hybridized carbons (Fsp3) is 1.00. The molecule has 0 spiro atoms. The second-order valence-corrected chi connectivity index (χ2v) is 4.95. The molecule has 0 heterocycles. The van der Waals surface area contributed by atoms with Crippen molar-refractivity contribution in [1.29, 1.82) is 0 Å². The fourth-order valence-electron chi connectivity index (χ4n) is 2.02. The van der Waals surface area contributed by atoms with Crippen LogP contribution in [0.1, 0.15) is 39.5 Å². The molecular formula is C10H21NO. The lowest BCUT2D eigenvalue weighted by molar-refractivity contribution is -0.0816. The van der Waals surface area contributed by atoms with Gasteiger partial charge < -0.3 is 5.21 Å². The summed E-state index contributed by atoms with van der Waals surface area (Å²) in [5.74, 6) is 0.716. The standard InChI is InChI=1S/C10H21NO/c1-10(2)6-4-9(5-7-10)8-11(3)12/h9,12H,4-8H2,1-3H3. The van der Waals surface area contributed by atoms with Crippen molar-refractivity contribution in [3.05, 3.63) is 0 Å². The Kier molecular flexibility index (Phi) is 3.13. The van der Waals surface area contributed by atoms with E-state index in [1.54, 1.807) is 7.05 Å². The zero-order valence-corrected chi connectivity index (χ0v) is 8.51. The van der Waals surface area contributed by atoms with Gasteiger partial charge in [-0.3, -0.25) is 0 Å². The molecular weight excluding hydrogens is 150 g/mol. The van der Waals surface area contributed by atoms with Crippen LogP contribution < -0.4 is 0 Å². The Morgan fingerprint density at radius 2 is 1.83 bits per heavy atom. The molecule has 0 aromatic rings. The van der Waals surface area contributed by atoms with Crippen LogP contribution in [0.15, 0.2) is 0 Å². The van der Waals surface area contributed by atoms with Gasteiger partial charge in [-0.2, -0.15) is 5.06 Å². The number of hydroxylamine groups is 2. The van der Waals surface area contributed by atoms with E-state index in [1.165, 1.54) is 30.7 Å². The van der Waals surface area contributed by atoms with Crippen LogP contribution in [0.5, 0.6) is 0 Å². The molecule has 1 saturated carbocycles. The van der Waals surface area contributed by atoms with Gasteiger partial charge in [0.15, 0.2) is 0 Å². The summed E-state index contributed by atoms with van der Waals surface area (Å²) in [6.07, 6.45) is 5.17. The lowest BCUT2D eigenvalue weighted by atomic mass is 9.73. The topological polar surface area (TPSA) is 23.5 Å². The lowest BCUT2D eigenvalue weighted by Gasteiger charge is -2.34. The van der Waals surface area contributed by atoms with Crippen LogP contribution in [0.2, 0.25) is 0 Å². The van der Waals surface area contributed by atoms with E-state index < -0.39 is 0 Å². The minimum absolute atomic E-state index is 0.546. The molecule has 0 unspecified atom stereocenters. The molecule has 1 N–H and O–H groups in total. The highest BCUT2D eigenvalue weighted by molar-refractivity contribution is 4.78. The minimum Gasteiger partial charge on any atom is -0.314 e. The first kappa shape index (κ1) is 10.0. The quantitative estimate of drug-likeness (QED) is 0.645. The summed E-state index contributed by atoms with van der Waals surface area (Å²) in [5, 5.41) is 10.4. The van der Waals surface area contributed by atoms with E-state index in [0.717, 1.165) is 6.54 Å². The molecule has 0 saturated heterocycles. The average Bonchev–Trinajstić information content (AvgIpc) is 1.93. The predicted molar refractivity (Wildman–Crippen MR) is 50.2 cm³/mol. The van der Waals surface area contributed by atoms with Crippen LogP contribution >= 0.6 is 0 Å². The van der Waals surface area contributed by atoms with Gasteiger partial charge in [0.05, 0.1) is 0 Å². The summed E-state index contributed by atoms with van der Waals surface area (Å²) in [4.78, 5) is 0. The number of rotatable bonds is 2. The third-order valence-corrected chi connectivity index (χ3v) is 2.98. The molecule has 0 bridgehead atoms. The highest BCUT2D eigenvalue weighted by Gasteiger charge is 2.26. The zero-order valence-electron chi connectivity index (χ0n) is 8.51. The van der Waals surface area contributed by atoms with Gasteiger partial charge in [0.1, 0.15) is 0 Å². The van der Waals surface area contributed by atoms with Crippen LogP contribution in [0.4, 0.5) is 0 Å². The van der Waals surface area contributed by atoms with Gasteiger partial charge in [-0.1, -0.05) is 13.8 Å². The van der Waals surface area contributed by atoms with E-state index in [1.807, 2.05) is 0 Å². The molecule has 0 amide bonds. The van der Waals surface area contributed by atoms with Crippen LogP contribution in [0, 0.1) is 11.3 Å². The van der Waals surface area contributed by atoms with Crippen molar-refractivity contribution in [2.75, 3.05) is 13.6 Å². The zero-order chi connectivity index (χ0) is 9.19. The van der Waals surface area contributed by atoms with Crippen LogP contribution in [-0.4, -0.2) is 23.9 Å². The Balaban J connectivity index is 2.27. The average molecular weight is 171 g/mol. The second kappa shape index (κ2) is 3.75. The Bertz CT molecular complexity index is 133. The molecule has 0 aliphatic heterocycles. The van der Waals surface area contributed by atoms with Gasteiger partial charge in [0, 0.05) is 13.6 Å². The van der Waals surface area contributed by atoms with Crippen molar-refractivity contribution in [3.63, 3.8) is 0 Å². The lowest BCUT2D eigenvalue weighted by Crippen LogP contribution is -2.28. The van der Waals surface area contributed by atoms with Crippen LogP contribution in [0.25, 0.3) is 0 Å². The molecule has 2 heteroatoms. The highest BCUT2D eigenvalue weighted by Crippen LogP contribution is 2.37. The molecule has 0 radical (unpaired) electrons. The Labute approximate surface area is 75.5 Å². The number of hydrogen-bond acceptors (Lipinski definition) is 2. The van der Waals surface area contributed by atoms with Crippen molar-refractivity contribution >= 4 is 0 Å². The molecule has 1 rings (SSSR count). The Morgan fingerprint density at radius 3 is 2.25 bits per heavy atom. The summed E-state index contributed by atoms with van der Waals surface area (Å²) in [6, 6.07) is 0. The molecule has 0 aromatic heterocycles. The normalized spacial score (nSPS) is 24.8. The summed E-state index contributed by atoms with van der Waals surface area (Å²) in [6.45, 7) is 5.52. The number of hydrogen-bond donors (Lipinski definition) is 1. The third kappa shape index (κ3) is 3.11. The van der Waals surface area contributed by atoms with E-state index in [4.69, 9.17) is 5.21 Å². The van der Waals surface area contributed by atoms with E-state index in [0.29, 0.717) is 11.3 Å². The van der Waals surface area contributed by atoms with Crippen molar-refractivity contribution in [1.82, 2.24) is 5.06 Å². The Hall–Kier alpha value is -0.0800.